The molecule has 1 aliphatic heterocycles. The van der Waals surface area contributed by atoms with E-state index in [2.05, 4.69) is 29.0 Å². The van der Waals surface area contributed by atoms with Crippen molar-refractivity contribution in [3.63, 3.8) is 0 Å². The first-order chi connectivity index (χ1) is 16.3. The quantitative estimate of drug-likeness (QED) is 0.402. The highest BCUT2D eigenvalue weighted by Crippen LogP contribution is 2.44. The molecular weight excluding hydrogens is 458 g/mol. The molecule has 1 aromatic heterocycles. The van der Waals surface area contributed by atoms with E-state index >= 15 is 0 Å². The van der Waals surface area contributed by atoms with Crippen molar-refractivity contribution in [1.82, 2.24) is 15.2 Å². The Morgan fingerprint density at radius 3 is 2.71 bits per heavy atom. The van der Waals surface area contributed by atoms with Crippen LogP contribution in [0.3, 0.4) is 0 Å². The molecule has 4 rings (SSSR count). The fourth-order valence-corrected chi connectivity index (χ4v) is 4.75. The summed E-state index contributed by atoms with van der Waals surface area (Å²) in [6.07, 6.45) is 0.463. The summed E-state index contributed by atoms with van der Waals surface area (Å²) >= 11 is 1.45. The zero-order chi connectivity index (χ0) is 24.4. The topological polar surface area (TPSA) is 68.2 Å². The SMILES string of the molecule is CCc1ccc2c(c1)-c1nnc(SCCC(C)C)nc1O[C@H](c1cccc(F)c1F)N2C(C)=O. The molecule has 0 aliphatic carbocycles. The van der Waals surface area contributed by atoms with Gasteiger partial charge in [-0.3, -0.25) is 9.69 Å². The van der Waals surface area contributed by atoms with E-state index < -0.39 is 23.8 Å². The van der Waals surface area contributed by atoms with Gasteiger partial charge in [0.1, 0.15) is 0 Å². The lowest BCUT2D eigenvalue weighted by Crippen LogP contribution is -2.36. The molecule has 1 atom stereocenters. The summed E-state index contributed by atoms with van der Waals surface area (Å²) < 4.78 is 35.2. The number of nitrogens with zero attached hydrogens (tertiary/aromatic N) is 4. The molecule has 0 unspecified atom stereocenters. The van der Waals surface area contributed by atoms with Crippen LogP contribution in [0.4, 0.5) is 14.5 Å². The molecule has 0 fully saturated rings. The molecule has 0 spiro atoms. The molecule has 9 heteroatoms. The van der Waals surface area contributed by atoms with Gasteiger partial charge in [-0.15, -0.1) is 10.2 Å². The van der Waals surface area contributed by atoms with Crippen molar-refractivity contribution >= 4 is 23.4 Å². The van der Waals surface area contributed by atoms with Gasteiger partial charge in [-0.25, -0.2) is 8.78 Å². The third-order valence-corrected chi connectivity index (χ3v) is 6.46. The maximum atomic E-state index is 14.9. The maximum absolute atomic E-state index is 14.9. The lowest BCUT2D eigenvalue weighted by molar-refractivity contribution is -0.118. The number of hydrogen-bond donors (Lipinski definition) is 0. The molecule has 178 valence electrons. The Hall–Kier alpha value is -3.07. The number of carbonyl (C=O) groups excluding carboxylic acids is 1. The molecule has 2 heterocycles. The van der Waals surface area contributed by atoms with E-state index in [1.165, 1.54) is 35.7 Å². The monoisotopic (exact) mass is 484 g/mol. The summed E-state index contributed by atoms with van der Waals surface area (Å²) in [5, 5.41) is 9.08. The Labute approximate surface area is 201 Å². The number of halogens is 2. The van der Waals surface area contributed by atoms with Crippen LogP contribution in [0.25, 0.3) is 11.3 Å². The molecule has 1 amide bonds. The molecule has 0 bridgehead atoms. The van der Waals surface area contributed by atoms with Crippen LogP contribution in [0.15, 0.2) is 41.6 Å². The molecule has 0 saturated heterocycles. The van der Waals surface area contributed by atoms with E-state index in [0.717, 1.165) is 30.2 Å². The first kappa shape index (κ1) is 24.1. The predicted molar refractivity (Wildman–Crippen MR) is 128 cm³/mol. The van der Waals surface area contributed by atoms with Crippen molar-refractivity contribution in [1.29, 1.82) is 0 Å². The van der Waals surface area contributed by atoms with Crippen LogP contribution in [0.5, 0.6) is 5.88 Å². The summed E-state index contributed by atoms with van der Waals surface area (Å²) in [5.41, 5.74) is 2.32. The van der Waals surface area contributed by atoms with Gasteiger partial charge in [0.05, 0.1) is 11.3 Å². The van der Waals surface area contributed by atoms with Crippen molar-refractivity contribution in [2.45, 2.75) is 51.9 Å². The summed E-state index contributed by atoms with van der Waals surface area (Å²) in [4.78, 5) is 18.7. The fraction of sp³-hybridized carbons (Fsp3) is 0.360. The van der Waals surface area contributed by atoms with Crippen LogP contribution >= 0.6 is 11.8 Å². The number of thioether (sulfide) groups is 1. The number of carbonyl (C=O) groups is 1. The first-order valence-corrected chi connectivity index (χ1v) is 12.2. The van der Waals surface area contributed by atoms with Gasteiger partial charge in [-0.2, -0.15) is 4.98 Å². The lowest BCUT2D eigenvalue weighted by Gasteiger charge is -2.30. The first-order valence-electron chi connectivity index (χ1n) is 11.2. The van der Waals surface area contributed by atoms with Crippen LogP contribution in [-0.2, 0) is 11.2 Å². The van der Waals surface area contributed by atoms with E-state index in [1.54, 1.807) is 6.07 Å². The highest BCUT2D eigenvalue weighted by atomic mass is 32.2. The molecule has 3 aromatic rings. The molecule has 34 heavy (non-hydrogen) atoms. The zero-order valence-corrected chi connectivity index (χ0v) is 20.3. The van der Waals surface area contributed by atoms with Crippen LogP contribution < -0.4 is 9.64 Å². The van der Waals surface area contributed by atoms with Gasteiger partial charge in [0.25, 0.3) is 0 Å². The van der Waals surface area contributed by atoms with Gasteiger partial charge in [-0.1, -0.05) is 50.7 Å². The second-order valence-electron chi connectivity index (χ2n) is 8.49. The molecular formula is C25H26F2N4O2S. The molecule has 0 saturated carbocycles. The molecule has 0 N–H and O–H groups in total. The highest BCUT2D eigenvalue weighted by molar-refractivity contribution is 7.99. The van der Waals surface area contributed by atoms with Crippen molar-refractivity contribution in [3.05, 3.63) is 59.2 Å². The number of hydrogen-bond acceptors (Lipinski definition) is 6. The molecule has 0 radical (unpaired) electrons. The predicted octanol–water partition coefficient (Wildman–Crippen LogP) is 5.96. The van der Waals surface area contributed by atoms with Crippen molar-refractivity contribution in [2.75, 3.05) is 10.7 Å². The van der Waals surface area contributed by atoms with Crippen LogP contribution in [0.2, 0.25) is 0 Å². The molecule has 2 aromatic carbocycles. The maximum Gasteiger partial charge on any atom is 0.247 e. The van der Waals surface area contributed by atoms with E-state index in [4.69, 9.17) is 4.74 Å². The average Bonchev–Trinajstić information content (AvgIpc) is 2.94. The minimum atomic E-state index is -1.27. The van der Waals surface area contributed by atoms with Gasteiger partial charge in [0, 0.05) is 18.2 Å². The Balaban J connectivity index is 1.89. The van der Waals surface area contributed by atoms with E-state index in [1.807, 2.05) is 19.1 Å². The minimum absolute atomic E-state index is 0.110. The number of rotatable bonds is 6. The summed E-state index contributed by atoms with van der Waals surface area (Å²) in [5.74, 6) is -1.05. The van der Waals surface area contributed by atoms with Gasteiger partial charge in [0.2, 0.25) is 23.2 Å². The molecule has 6 nitrogen and oxygen atoms in total. The summed E-state index contributed by atoms with van der Waals surface area (Å²) in [7, 11) is 0. The van der Waals surface area contributed by atoms with Crippen LogP contribution in [0.1, 0.15) is 51.5 Å². The van der Waals surface area contributed by atoms with E-state index in [9.17, 15) is 13.6 Å². The van der Waals surface area contributed by atoms with Crippen molar-refractivity contribution in [3.8, 4) is 17.1 Å². The average molecular weight is 485 g/mol. The van der Waals surface area contributed by atoms with Crippen molar-refractivity contribution < 1.29 is 18.3 Å². The minimum Gasteiger partial charge on any atom is -0.447 e. The van der Waals surface area contributed by atoms with Crippen LogP contribution in [-0.4, -0.2) is 26.8 Å². The smallest absolute Gasteiger partial charge is 0.247 e. The second kappa shape index (κ2) is 10.0. The van der Waals surface area contributed by atoms with Gasteiger partial charge in [0.15, 0.2) is 17.3 Å². The number of ether oxygens (including phenoxy) is 1. The third kappa shape index (κ3) is 4.75. The van der Waals surface area contributed by atoms with E-state index in [-0.39, 0.29) is 11.4 Å². The third-order valence-electron chi connectivity index (χ3n) is 5.59. The number of anilines is 1. The Morgan fingerprint density at radius 2 is 2.00 bits per heavy atom. The van der Waals surface area contributed by atoms with Crippen molar-refractivity contribution in [2.24, 2.45) is 5.92 Å². The zero-order valence-electron chi connectivity index (χ0n) is 19.5. The largest absolute Gasteiger partial charge is 0.447 e. The number of aryl methyl sites for hydroxylation is 1. The Morgan fingerprint density at radius 1 is 1.21 bits per heavy atom. The number of amides is 1. The standard InChI is InChI=1S/C25H26F2N4O2S/c1-5-16-9-10-20-18(13-16)22-23(28-25(30-29-22)34-12-11-14(2)3)33-24(31(20)15(4)32)17-7-6-8-19(26)21(17)27/h6-10,13-14,24H,5,11-12H2,1-4H3/t24-/m1/s1. The van der Waals surface area contributed by atoms with E-state index in [0.29, 0.717) is 28.0 Å². The van der Waals surface area contributed by atoms with Crippen LogP contribution in [0, 0.1) is 17.6 Å². The highest BCUT2D eigenvalue weighted by Gasteiger charge is 2.36. The number of benzene rings is 2. The normalized spacial score (nSPS) is 14.9. The Kier molecular flexibility index (Phi) is 7.11. The summed E-state index contributed by atoms with van der Waals surface area (Å²) in [6, 6.07) is 9.36. The fourth-order valence-electron chi connectivity index (χ4n) is 3.73. The second-order valence-corrected chi connectivity index (χ2v) is 9.55. The Bertz CT molecular complexity index is 1220. The van der Waals surface area contributed by atoms with Gasteiger partial charge >= 0.3 is 0 Å². The molecule has 1 aliphatic rings. The number of aromatic nitrogens is 3. The van der Waals surface area contributed by atoms with Gasteiger partial charge < -0.3 is 4.74 Å². The lowest BCUT2D eigenvalue weighted by atomic mass is 10.0. The number of fused-ring (bicyclic) bond motifs is 3. The summed E-state index contributed by atoms with van der Waals surface area (Å²) in [6.45, 7) is 7.64. The van der Waals surface area contributed by atoms with Gasteiger partial charge in [-0.05, 0) is 42.5 Å².